The second kappa shape index (κ2) is 6.09. The van der Waals surface area contributed by atoms with Gasteiger partial charge in [0, 0.05) is 23.3 Å². The van der Waals surface area contributed by atoms with Crippen molar-refractivity contribution < 1.29 is 19.7 Å². The van der Waals surface area contributed by atoms with E-state index >= 15 is 0 Å². The maximum Gasteiger partial charge on any atom is 0.265 e. The van der Waals surface area contributed by atoms with Gasteiger partial charge in [0.2, 0.25) is 0 Å². The van der Waals surface area contributed by atoms with Gasteiger partial charge >= 0.3 is 0 Å². The van der Waals surface area contributed by atoms with Gasteiger partial charge in [0.25, 0.3) is 5.69 Å². The first-order chi connectivity index (χ1) is 9.51. The highest BCUT2D eigenvalue weighted by Crippen LogP contribution is 2.34. The molecule has 110 valence electrons. The number of ether oxygens (including phenoxy) is 1. The SMILES string of the molecule is COc1cc(C[NH+]2CCC[C@@H](C)C2)cc([N+](=O)[O-])c1[O-]. The molecule has 0 radical (unpaired) electrons. The number of quaternary nitrogens is 1. The Balaban J connectivity index is 2.23. The van der Waals surface area contributed by atoms with Crippen LogP contribution in [0.5, 0.6) is 11.5 Å². The Bertz CT molecular complexity index is 504. The van der Waals surface area contributed by atoms with Crippen molar-refractivity contribution in [2.45, 2.75) is 26.3 Å². The second-order valence-electron chi connectivity index (χ2n) is 5.53. The van der Waals surface area contributed by atoms with E-state index in [-0.39, 0.29) is 5.75 Å². The molecule has 1 saturated heterocycles. The summed E-state index contributed by atoms with van der Waals surface area (Å²) in [5, 5.41) is 22.7. The molecule has 0 amide bonds. The first kappa shape index (κ1) is 14.6. The zero-order chi connectivity index (χ0) is 14.7. The van der Waals surface area contributed by atoms with Crippen molar-refractivity contribution in [3.63, 3.8) is 0 Å². The molecule has 1 aromatic rings. The molecule has 2 rings (SSSR count). The lowest BCUT2D eigenvalue weighted by molar-refractivity contribution is -0.922. The minimum atomic E-state index is -0.650. The molecule has 6 nitrogen and oxygen atoms in total. The average molecular weight is 280 g/mol. The summed E-state index contributed by atoms with van der Waals surface area (Å²) in [6, 6.07) is 3.01. The number of nitro benzene ring substituents is 1. The lowest BCUT2D eigenvalue weighted by Gasteiger charge is -2.28. The highest BCUT2D eigenvalue weighted by Gasteiger charge is 2.21. The number of nitro groups is 1. The first-order valence-corrected chi connectivity index (χ1v) is 6.87. The minimum Gasteiger partial charge on any atom is -0.865 e. The maximum absolute atomic E-state index is 11.8. The molecule has 1 aliphatic rings. The van der Waals surface area contributed by atoms with Crippen molar-refractivity contribution >= 4 is 5.69 Å². The topological polar surface area (TPSA) is 79.9 Å². The number of likely N-dealkylation sites (tertiary alicyclic amines) is 1. The highest BCUT2D eigenvalue weighted by molar-refractivity contribution is 5.56. The van der Waals surface area contributed by atoms with Gasteiger partial charge in [-0.05, 0) is 18.9 Å². The molecule has 2 atom stereocenters. The lowest BCUT2D eigenvalue weighted by Crippen LogP contribution is -3.12. The molecule has 0 saturated carbocycles. The van der Waals surface area contributed by atoms with Crippen LogP contribution in [-0.2, 0) is 6.54 Å². The zero-order valence-electron chi connectivity index (χ0n) is 11.8. The zero-order valence-corrected chi connectivity index (χ0v) is 11.8. The molecule has 0 aliphatic carbocycles. The van der Waals surface area contributed by atoms with Gasteiger partial charge < -0.3 is 14.7 Å². The van der Waals surface area contributed by atoms with Crippen LogP contribution < -0.4 is 14.7 Å². The van der Waals surface area contributed by atoms with Gasteiger partial charge in [0.15, 0.2) is 0 Å². The molecule has 20 heavy (non-hydrogen) atoms. The van der Waals surface area contributed by atoms with E-state index in [1.165, 1.54) is 30.9 Å². The molecule has 0 bridgehead atoms. The van der Waals surface area contributed by atoms with Crippen LogP contribution in [0, 0.1) is 16.0 Å². The van der Waals surface area contributed by atoms with Crippen LogP contribution in [-0.4, -0.2) is 25.1 Å². The summed E-state index contributed by atoms with van der Waals surface area (Å²) in [6.07, 6.45) is 2.42. The monoisotopic (exact) mass is 280 g/mol. The largest absolute Gasteiger partial charge is 0.865 e. The first-order valence-electron chi connectivity index (χ1n) is 6.87. The van der Waals surface area contributed by atoms with Crippen molar-refractivity contribution in [1.29, 1.82) is 0 Å². The normalized spacial score (nSPS) is 22.5. The van der Waals surface area contributed by atoms with E-state index in [0.717, 1.165) is 18.7 Å². The summed E-state index contributed by atoms with van der Waals surface area (Å²) in [6.45, 7) is 5.06. The highest BCUT2D eigenvalue weighted by atomic mass is 16.6. The van der Waals surface area contributed by atoms with Gasteiger partial charge in [0.05, 0.1) is 25.1 Å². The van der Waals surface area contributed by atoms with E-state index in [4.69, 9.17) is 4.74 Å². The standard InChI is InChI=1S/C14H20N2O4/c1-10-4-3-5-15(8-10)9-11-6-12(16(18)19)14(17)13(7-11)20-2/h6-7,10,17H,3-5,8-9H2,1-2H3/t10-/m1/s1. The number of hydrogen-bond donors (Lipinski definition) is 1. The third-order valence-electron chi connectivity index (χ3n) is 3.83. The van der Waals surface area contributed by atoms with Crippen molar-refractivity contribution in [3.05, 3.63) is 27.8 Å². The van der Waals surface area contributed by atoms with Crippen LogP contribution in [0.15, 0.2) is 12.1 Å². The van der Waals surface area contributed by atoms with Gasteiger partial charge in [-0.25, -0.2) is 0 Å². The van der Waals surface area contributed by atoms with Crippen LogP contribution in [0.2, 0.25) is 0 Å². The van der Waals surface area contributed by atoms with Crippen molar-refractivity contribution in [1.82, 2.24) is 0 Å². The Labute approximate surface area is 118 Å². The van der Waals surface area contributed by atoms with Crippen LogP contribution in [0.3, 0.4) is 0 Å². The Hall–Kier alpha value is -1.82. The molecule has 1 N–H and O–H groups in total. The quantitative estimate of drug-likeness (QED) is 0.643. The smallest absolute Gasteiger partial charge is 0.265 e. The number of hydrogen-bond acceptors (Lipinski definition) is 4. The van der Waals surface area contributed by atoms with Crippen LogP contribution in [0.4, 0.5) is 5.69 Å². The van der Waals surface area contributed by atoms with E-state index in [0.29, 0.717) is 12.5 Å². The predicted octanol–water partition coefficient (Wildman–Crippen LogP) is 0.492. The van der Waals surface area contributed by atoms with E-state index in [1.807, 2.05) is 0 Å². The van der Waals surface area contributed by atoms with Gasteiger partial charge in [0.1, 0.15) is 12.3 Å². The average Bonchev–Trinajstić information content (AvgIpc) is 2.40. The summed E-state index contributed by atoms with van der Waals surface area (Å²) in [5.74, 6) is 0.0799. The summed E-state index contributed by atoms with van der Waals surface area (Å²) in [4.78, 5) is 11.7. The summed E-state index contributed by atoms with van der Waals surface area (Å²) < 4.78 is 4.96. The lowest BCUT2D eigenvalue weighted by atomic mass is 9.99. The van der Waals surface area contributed by atoms with E-state index in [2.05, 4.69) is 6.92 Å². The fraction of sp³-hybridized carbons (Fsp3) is 0.571. The Kier molecular flexibility index (Phi) is 4.44. The predicted molar refractivity (Wildman–Crippen MR) is 71.9 cm³/mol. The fourth-order valence-electron chi connectivity index (χ4n) is 2.88. The number of benzene rings is 1. The molecule has 0 spiro atoms. The Morgan fingerprint density at radius 1 is 1.50 bits per heavy atom. The number of nitrogens with zero attached hydrogens (tertiary/aromatic N) is 1. The molecule has 1 fully saturated rings. The van der Waals surface area contributed by atoms with Crippen LogP contribution in [0.25, 0.3) is 0 Å². The molecule has 6 heteroatoms. The van der Waals surface area contributed by atoms with E-state index < -0.39 is 16.4 Å². The van der Waals surface area contributed by atoms with Crippen molar-refractivity contribution in [2.24, 2.45) is 5.92 Å². The molecular weight excluding hydrogens is 260 g/mol. The summed E-state index contributed by atoms with van der Waals surface area (Å²) in [7, 11) is 1.36. The maximum atomic E-state index is 11.8. The Morgan fingerprint density at radius 2 is 2.25 bits per heavy atom. The summed E-state index contributed by atoms with van der Waals surface area (Å²) >= 11 is 0. The number of methoxy groups -OCH3 is 1. The number of nitrogens with one attached hydrogen (secondary N) is 1. The molecule has 1 aromatic carbocycles. The molecule has 1 aliphatic heterocycles. The van der Waals surface area contributed by atoms with E-state index in [9.17, 15) is 15.2 Å². The van der Waals surface area contributed by atoms with Crippen LogP contribution in [0.1, 0.15) is 25.3 Å². The minimum absolute atomic E-state index is 0.0543. The van der Waals surface area contributed by atoms with Crippen molar-refractivity contribution in [2.75, 3.05) is 20.2 Å². The second-order valence-corrected chi connectivity index (χ2v) is 5.53. The van der Waals surface area contributed by atoms with Crippen LogP contribution >= 0.6 is 0 Å². The van der Waals surface area contributed by atoms with Gasteiger partial charge in [-0.2, -0.15) is 0 Å². The van der Waals surface area contributed by atoms with Gasteiger partial charge in [-0.1, -0.05) is 6.92 Å². The third-order valence-corrected chi connectivity index (χ3v) is 3.83. The van der Waals surface area contributed by atoms with E-state index in [1.54, 1.807) is 6.07 Å². The number of rotatable bonds is 4. The third kappa shape index (κ3) is 3.19. The molecular formula is C14H20N2O4. The Morgan fingerprint density at radius 3 is 2.85 bits per heavy atom. The molecule has 0 aromatic heterocycles. The van der Waals surface area contributed by atoms with Crippen molar-refractivity contribution in [3.8, 4) is 11.5 Å². The fourth-order valence-corrected chi connectivity index (χ4v) is 2.88. The van der Waals surface area contributed by atoms with Gasteiger partial charge in [-0.3, -0.25) is 10.1 Å². The molecule has 1 heterocycles. The number of piperidine rings is 1. The van der Waals surface area contributed by atoms with Gasteiger partial charge in [-0.15, -0.1) is 0 Å². The molecule has 1 unspecified atom stereocenters. The summed E-state index contributed by atoms with van der Waals surface area (Å²) in [5.41, 5.74) is 0.390.